The molecule has 4 aliphatic rings. The van der Waals surface area contributed by atoms with Gasteiger partial charge < -0.3 is 25.0 Å². The molecule has 16 heteroatoms. The van der Waals surface area contributed by atoms with Crippen LogP contribution in [-0.2, 0) is 29.1 Å². The largest absolute Gasteiger partial charge is 0.497 e. The van der Waals surface area contributed by atoms with Crippen LogP contribution < -0.4 is 20.1 Å². The van der Waals surface area contributed by atoms with Crippen LogP contribution in [0.1, 0.15) is 70.9 Å². The maximum absolute atomic E-state index is 14.7. The molecule has 2 aromatic carbocycles. The Morgan fingerprint density at radius 1 is 1.07 bits per heavy atom. The Balaban J connectivity index is 1.29. The molecule has 0 unspecified atom stereocenters. The number of nitrogens with zero attached hydrogens (tertiary/aromatic N) is 4. The molecular weight excluding hydrogens is 751 g/mol. The number of benzene rings is 2. The van der Waals surface area contributed by atoms with Gasteiger partial charge in [0, 0.05) is 30.0 Å². The summed E-state index contributed by atoms with van der Waals surface area (Å²) in [6.07, 6.45) is 7.02. The van der Waals surface area contributed by atoms with E-state index in [0.717, 1.165) is 16.7 Å². The van der Waals surface area contributed by atoms with Crippen molar-refractivity contribution in [3.8, 4) is 28.3 Å². The summed E-state index contributed by atoms with van der Waals surface area (Å²) in [6.45, 7) is 9.30. The van der Waals surface area contributed by atoms with Gasteiger partial charge in [0.05, 0.1) is 25.0 Å². The van der Waals surface area contributed by atoms with Crippen molar-refractivity contribution in [2.24, 2.45) is 11.3 Å². The third kappa shape index (κ3) is 8.31. The van der Waals surface area contributed by atoms with Gasteiger partial charge in [-0.25, -0.2) is 13.2 Å². The lowest BCUT2D eigenvalue weighted by Crippen LogP contribution is -2.60. The normalized spacial score (nSPS) is 25.8. The molecule has 3 aromatic rings. The third-order valence-electron chi connectivity index (χ3n) is 11.0. The Labute approximate surface area is 332 Å². The maximum atomic E-state index is 14.7. The molecule has 2 aliphatic heterocycles. The molecule has 3 fully saturated rings. The molecule has 15 nitrogen and oxygen atoms in total. The first-order valence-corrected chi connectivity index (χ1v) is 20.8. The summed E-state index contributed by atoms with van der Waals surface area (Å²) < 4.78 is 38.6. The van der Waals surface area contributed by atoms with Gasteiger partial charge in [0.25, 0.3) is 5.91 Å². The summed E-state index contributed by atoms with van der Waals surface area (Å²) in [6, 6.07) is 12.4. The zero-order valence-electron chi connectivity index (χ0n) is 32.6. The Kier molecular flexibility index (Phi) is 10.8. The molecule has 1 saturated heterocycles. The quantitative estimate of drug-likeness (QED) is 0.276. The van der Waals surface area contributed by atoms with Crippen LogP contribution in [0.5, 0.6) is 5.75 Å². The van der Waals surface area contributed by atoms with Crippen molar-refractivity contribution in [1.29, 1.82) is 0 Å². The highest BCUT2D eigenvalue weighted by atomic mass is 32.2. The number of carbonyl (C=O) groups is 4. The third-order valence-corrected chi connectivity index (χ3v) is 12.8. The predicted molar refractivity (Wildman–Crippen MR) is 212 cm³/mol. The zero-order chi connectivity index (χ0) is 40.7. The number of sulfonamides is 1. The number of nitrogens with one attached hydrogen (secondary N) is 3. The van der Waals surface area contributed by atoms with Crippen LogP contribution in [0.25, 0.3) is 28.6 Å². The average Bonchev–Trinajstić information content (AvgIpc) is 4.07. The van der Waals surface area contributed by atoms with Crippen molar-refractivity contribution >= 4 is 39.9 Å². The molecule has 4 amide bonds. The highest BCUT2D eigenvalue weighted by Gasteiger charge is 2.62. The number of allylic oxidation sites excluding steroid dienone is 1. The average molecular weight is 800 g/mol. The van der Waals surface area contributed by atoms with E-state index in [0.29, 0.717) is 42.8 Å². The second-order valence-electron chi connectivity index (χ2n) is 16.3. The molecule has 2 saturated carbocycles. The number of methoxy groups -OCH3 is 1. The van der Waals surface area contributed by atoms with Crippen LogP contribution in [0.3, 0.4) is 0 Å². The molecule has 3 heterocycles. The number of carbonyl (C=O) groups excluding carboxylic acids is 4. The van der Waals surface area contributed by atoms with Gasteiger partial charge in [-0.3, -0.25) is 19.1 Å². The molecule has 5 atom stereocenters. The number of amides is 4. The van der Waals surface area contributed by atoms with E-state index in [1.54, 1.807) is 27.9 Å². The highest BCUT2D eigenvalue weighted by molar-refractivity contribution is 7.91. The fraction of sp³-hybridized carbons (Fsp3) is 0.463. The van der Waals surface area contributed by atoms with Gasteiger partial charge in [-0.15, -0.1) is 6.58 Å². The molecule has 2 aliphatic carbocycles. The van der Waals surface area contributed by atoms with Crippen molar-refractivity contribution in [3.05, 3.63) is 72.8 Å². The first-order chi connectivity index (χ1) is 27.1. The van der Waals surface area contributed by atoms with Gasteiger partial charge >= 0.3 is 6.09 Å². The molecule has 0 radical (unpaired) electrons. The second kappa shape index (κ2) is 15.4. The molecule has 302 valence electrons. The van der Waals surface area contributed by atoms with Gasteiger partial charge in [0.2, 0.25) is 21.8 Å². The lowest BCUT2D eigenvalue weighted by Gasteiger charge is -2.35. The van der Waals surface area contributed by atoms with E-state index in [1.165, 1.54) is 15.8 Å². The van der Waals surface area contributed by atoms with E-state index < -0.39 is 74.1 Å². The van der Waals surface area contributed by atoms with Crippen molar-refractivity contribution in [2.75, 3.05) is 20.3 Å². The lowest BCUT2D eigenvalue weighted by atomic mass is 9.85. The monoisotopic (exact) mass is 799 g/mol. The molecule has 1 aromatic heterocycles. The first-order valence-electron chi connectivity index (χ1n) is 19.3. The molecule has 7 rings (SSSR count). The number of cyclic esters (lactones) is 1. The number of aromatic nitrogens is 3. The summed E-state index contributed by atoms with van der Waals surface area (Å²) in [5.74, 6) is -1.90. The maximum Gasteiger partial charge on any atom is 0.407 e. The number of hydrogen-bond acceptors (Lipinski definition) is 10. The zero-order valence-corrected chi connectivity index (χ0v) is 33.4. The van der Waals surface area contributed by atoms with E-state index in [9.17, 15) is 27.6 Å². The molecule has 3 N–H and O–H groups in total. The van der Waals surface area contributed by atoms with Crippen LogP contribution in [0, 0.1) is 11.3 Å². The Hall–Kier alpha value is -5.51. The minimum Gasteiger partial charge on any atom is -0.497 e. The fourth-order valence-corrected chi connectivity index (χ4v) is 8.83. The van der Waals surface area contributed by atoms with Crippen molar-refractivity contribution in [2.45, 2.75) is 88.2 Å². The topological polar surface area (TPSA) is 191 Å². The minimum absolute atomic E-state index is 0.0146. The number of hydrogen-bond donors (Lipinski definition) is 3. The van der Waals surface area contributed by atoms with Gasteiger partial charge in [0.1, 0.15) is 34.8 Å². The molecule has 0 spiro atoms. The van der Waals surface area contributed by atoms with Crippen molar-refractivity contribution in [1.82, 2.24) is 35.2 Å². The summed E-state index contributed by atoms with van der Waals surface area (Å²) in [5, 5.41) is 14.9. The van der Waals surface area contributed by atoms with Gasteiger partial charge in [0.15, 0.2) is 0 Å². The van der Waals surface area contributed by atoms with Crippen molar-refractivity contribution in [3.63, 3.8) is 0 Å². The smallest absolute Gasteiger partial charge is 0.407 e. The molecule has 57 heavy (non-hydrogen) atoms. The lowest BCUT2D eigenvalue weighted by molar-refractivity contribution is -0.142. The SMILES string of the molecule is C=C[C@@H]1C[C@]1(NC(=O)[C@@H]1C[C@@H]2CN1C(=O)[C@H](C(C)(C)C)NC(=O)OCCC/C=C/c1cccc(c1)-c1nn2nc1-c1ccc(OC)cc1)C(=O)NS(=O)(=O)C1CC1. The van der Waals surface area contributed by atoms with Crippen LogP contribution >= 0.6 is 0 Å². The minimum atomic E-state index is -3.92. The Morgan fingerprint density at radius 2 is 1.79 bits per heavy atom. The van der Waals surface area contributed by atoms with E-state index in [-0.39, 0.29) is 26.0 Å². The Morgan fingerprint density at radius 3 is 2.44 bits per heavy atom. The molecular formula is C41H49N7O8S. The van der Waals surface area contributed by atoms with Crippen LogP contribution in [0.15, 0.2) is 67.3 Å². The second-order valence-corrected chi connectivity index (χ2v) is 18.2. The first kappa shape index (κ1) is 39.7. The van der Waals surface area contributed by atoms with Gasteiger partial charge in [-0.1, -0.05) is 57.2 Å². The van der Waals surface area contributed by atoms with E-state index in [4.69, 9.17) is 19.7 Å². The van der Waals surface area contributed by atoms with E-state index in [2.05, 4.69) is 21.9 Å². The Bertz CT molecular complexity index is 2210. The van der Waals surface area contributed by atoms with Crippen LogP contribution in [0.4, 0.5) is 4.79 Å². The summed E-state index contributed by atoms with van der Waals surface area (Å²) in [7, 11) is -2.33. The highest BCUT2D eigenvalue weighted by Crippen LogP contribution is 2.46. The number of ether oxygens (including phenoxy) is 2. The van der Waals surface area contributed by atoms with Crippen LogP contribution in [-0.4, -0.2) is 95.3 Å². The molecule has 6 bridgehead atoms. The van der Waals surface area contributed by atoms with E-state index in [1.807, 2.05) is 60.7 Å². The summed E-state index contributed by atoms with van der Waals surface area (Å²) in [5.41, 5.74) is 1.29. The number of rotatable bonds is 8. The van der Waals surface area contributed by atoms with Crippen LogP contribution in [0.2, 0.25) is 0 Å². The fourth-order valence-electron chi connectivity index (χ4n) is 7.46. The van der Waals surface area contributed by atoms with Gasteiger partial charge in [-0.05, 0) is 73.4 Å². The summed E-state index contributed by atoms with van der Waals surface area (Å²) >= 11 is 0. The number of alkyl carbamates (subject to hydrolysis) is 1. The summed E-state index contributed by atoms with van der Waals surface area (Å²) in [4.78, 5) is 58.9. The number of fused-ring (bicyclic) bond motifs is 8. The standard InChI is InChI=1S/C41H49N7O8S/c1-6-28-23-41(28,38(51)46-57(53,54)31-18-19-31)43-36(49)32-22-29-24-47(32)37(50)35(40(2,3)4)42-39(52)56-20-9-7-8-11-25-12-10-13-27(21-25)34-33(44-48(29)45-34)26-14-16-30(55-5)17-15-26/h6,8,10-17,21,28-29,31-32,35H,1,7,9,18-20,22-24H2,2-5H3,(H,42,52)(H,43,49)(H,46,51)/b11-8+/t28-,29-,32+,35-,41-/m1/s1. The predicted octanol–water partition coefficient (Wildman–Crippen LogP) is 4.38. The van der Waals surface area contributed by atoms with Crippen molar-refractivity contribution < 1.29 is 37.1 Å². The van der Waals surface area contributed by atoms with E-state index >= 15 is 0 Å². The van der Waals surface area contributed by atoms with Gasteiger partial charge in [-0.2, -0.15) is 15.0 Å².